The van der Waals surface area contributed by atoms with Crippen LogP contribution in [-0.2, 0) is 38.5 Å². The molecule has 4 aromatic carbocycles. The molecule has 0 N–H and O–H groups in total. The smallest absolute Gasteiger partial charge is 0.0708 e. The fourth-order valence-corrected chi connectivity index (χ4v) is 20.0. The van der Waals surface area contributed by atoms with Crippen molar-refractivity contribution in [3.8, 4) is 44.9 Å². The summed E-state index contributed by atoms with van der Waals surface area (Å²) >= 11 is 0. The average Bonchev–Trinajstić information content (AvgIpc) is 3.55. The van der Waals surface area contributed by atoms with Gasteiger partial charge in [-0.3, -0.25) is 15.0 Å². The zero-order valence-electron chi connectivity index (χ0n) is 43.9. The fraction of sp³-hybridized carbons (Fsp3) is 0.451. The molecule has 17 aliphatic carbocycles. The first-order valence-electron chi connectivity index (χ1n) is 29.4. The Labute approximate surface area is 441 Å². The Morgan fingerprint density at radius 1 is 0.297 bits per heavy atom. The van der Waals surface area contributed by atoms with Crippen LogP contribution in [-0.4, -0.2) is 15.0 Å². The van der Waals surface area contributed by atoms with Gasteiger partial charge in [0.25, 0.3) is 0 Å². The van der Waals surface area contributed by atoms with Crippen LogP contribution in [0, 0.1) is 44.3 Å². The van der Waals surface area contributed by atoms with E-state index >= 15 is 0 Å². The van der Waals surface area contributed by atoms with E-state index in [1.807, 2.05) is 0 Å². The first-order valence-corrected chi connectivity index (χ1v) is 29.4. The predicted molar refractivity (Wildman–Crippen MR) is 301 cm³/mol. The third kappa shape index (κ3) is 8.42. The summed E-state index contributed by atoms with van der Waals surface area (Å²) in [6, 6.07) is 52.1. The molecule has 18 aliphatic heterocycles. The number of hydrogen-bond acceptors (Lipinski definition) is 3. The van der Waals surface area contributed by atoms with Crippen LogP contribution in [0.3, 0.4) is 0 Å². The second kappa shape index (κ2) is 17.4. The Hall–Kier alpha value is -5.67. The summed E-state index contributed by atoms with van der Waals surface area (Å²) in [5.74, 6) is 1.65. The van der Waals surface area contributed by atoms with Crippen LogP contribution in [0.4, 0.5) is 0 Å². The minimum Gasteiger partial charge on any atom is -0.256 e. The second-order valence-electron chi connectivity index (χ2n) is 27.3. The highest BCUT2D eigenvalue weighted by atomic mass is 14.7. The number of aryl methyl sites for hydroxylation is 6. The summed E-state index contributed by atoms with van der Waals surface area (Å²) in [5, 5.41) is 0. The van der Waals surface area contributed by atoms with Gasteiger partial charge in [0.15, 0.2) is 0 Å². The normalized spacial score (nSPS) is 32.7. The second-order valence-corrected chi connectivity index (χ2v) is 27.3. The molecule has 374 valence electrons. The highest BCUT2D eigenvalue weighted by Gasteiger charge is 2.63. The molecule has 3 nitrogen and oxygen atoms in total. The Bertz CT molecular complexity index is 3060. The Kier molecular flexibility index (Phi) is 10.8. The summed E-state index contributed by atoms with van der Waals surface area (Å²) in [7, 11) is 0. The molecule has 35 aliphatic rings. The summed E-state index contributed by atoms with van der Waals surface area (Å²) in [6.07, 6.45) is 38.1. The van der Waals surface area contributed by atoms with E-state index in [0.717, 1.165) is 48.2 Å². The van der Waals surface area contributed by atoms with Crippen LogP contribution >= 0.6 is 0 Å². The standard InChI is InChI=1S/C71H75N3/c1-2-4-57(5-3-1)62-34-65-60-18-10-52(11-19-60)24-30-68-37-55-35-66(45-68)28-22-50-6-14-58(15-7-50)63-20-12-53(41-72-63)25-31-69-38-56-39-70(47-69,49-71(40-56,48-69)33-27-61(62)43-74-65)32-26-54-13-21-64(73-42-54)59-16-8-51(9-17-59)23-29-67(36-55,44-66)46-68/h1-21,34,41-43,55-56H,22-33,35-40,44-49H2. The van der Waals surface area contributed by atoms with E-state index in [9.17, 15) is 0 Å². The molecule has 21 heterocycles. The van der Waals surface area contributed by atoms with Gasteiger partial charge in [-0.25, -0.2) is 0 Å². The molecular formula is C71H75N3. The molecule has 42 rings (SSSR count). The average molecular weight is 970 g/mol. The number of pyridine rings is 3. The monoisotopic (exact) mass is 970 g/mol. The molecule has 6 spiro atoms. The van der Waals surface area contributed by atoms with Crippen LogP contribution in [0.15, 0.2) is 152 Å². The van der Waals surface area contributed by atoms with Crippen molar-refractivity contribution in [2.24, 2.45) is 44.3 Å². The van der Waals surface area contributed by atoms with E-state index in [-0.39, 0.29) is 0 Å². The summed E-state index contributed by atoms with van der Waals surface area (Å²) < 4.78 is 0. The van der Waals surface area contributed by atoms with Crippen LogP contribution in [0.1, 0.15) is 149 Å². The van der Waals surface area contributed by atoms with Crippen LogP contribution in [0.2, 0.25) is 0 Å². The third-order valence-electron chi connectivity index (χ3n) is 21.9. The van der Waals surface area contributed by atoms with Gasteiger partial charge in [-0.1, -0.05) is 115 Å². The lowest BCUT2D eigenvalue weighted by Gasteiger charge is -2.67. The maximum Gasteiger partial charge on any atom is 0.0708 e. The number of nitrogens with zero attached hydrogens (tertiary/aromatic N) is 3. The van der Waals surface area contributed by atoms with Crippen molar-refractivity contribution in [1.82, 2.24) is 15.0 Å². The molecule has 8 saturated carbocycles. The van der Waals surface area contributed by atoms with E-state index < -0.39 is 0 Å². The molecule has 4 unspecified atom stereocenters. The Morgan fingerprint density at radius 3 is 1.01 bits per heavy atom. The van der Waals surface area contributed by atoms with E-state index in [0.29, 0.717) is 32.5 Å². The van der Waals surface area contributed by atoms with Crippen LogP contribution < -0.4 is 0 Å². The van der Waals surface area contributed by atoms with Gasteiger partial charge in [-0.05, 0) is 261 Å². The molecule has 7 aromatic rings. The molecule has 3 aromatic heterocycles. The van der Waals surface area contributed by atoms with Crippen molar-refractivity contribution in [3.05, 3.63) is 185 Å². The fourth-order valence-electron chi connectivity index (χ4n) is 20.0. The highest BCUT2D eigenvalue weighted by molar-refractivity contribution is 5.73. The molecule has 3 heteroatoms. The van der Waals surface area contributed by atoms with Crippen molar-refractivity contribution >= 4 is 0 Å². The Balaban J connectivity index is 0.844. The lowest BCUT2D eigenvalue weighted by atomic mass is 9.37. The summed E-state index contributed by atoms with van der Waals surface area (Å²) in [4.78, 5) is 15.7. The van der Waals surface area contributed by atoms with Crippen LogP contribution in [0.25, 0.3) is 44.9 Å². The minimum atomic E-state index is 0.350. The molecule has 20 bridgehead atoms. The molecule has 4 atom stereocenters. The molecule has 0 saturated heterocycles. The largest absolute Gasteiger partial charge is 0.256 e. The van der Waals surface area contributed by atoms with E-state index in [4.69, 9.17) is 15.0 Å². The highest BCUT2D eigenvalue weighted by Crippen LogP contribution is 2.74. The van der Waals surface area contributed by atoms with Gasteiger partial charge in [0.05, 0.1) is 17.1 Å². The maximum absolute atomic E-state index is 5.35. The Morgan fingerprint density at radius 2 is 0.635 bits per heavy atom. The predicted octanol–water partition coefficient (Wildman–Crippen LogP) is 17.5. The van der Waals surface area contributed by atoms with Crippen molar-refractivity contribution in [1.29, 1.82) is 0 Å². The number of benzene rings is 4. The van der Waals surface area contributed by atoms with Gasteiger partial charge in [-0.2, -0.15) is 0 Å². The van der Waals surface area contributed by atoms with Crippen LogP contribution in [0.5, 0.6) is 0 Å². The van der Waals surface area contributed by atoms with Gasteiger partial charge in [0, 0.05) is 35.3 Å². The molecule has 74 heavy (non-hydrogen) atoms. The van der Waals surface area contributed by atoms with Gasteiger partial charge >= 0.3 is 0 Å². The minimum absolute atomic E-state index is 0.350. The summed E-state index contributed by atoms with van der Waals surface area (Å²) in [5.41, 5.74) is 20.8. The van der Waals surface area contributed by atoms with E-state index in [1.54, 1.807) is 0 Å². The van der Waals surface area contributed by atoms with Gasteiger partial charge in [-0.15, -0.1) is 0 Å². The van der Waals surface area contributed by atoms with E-state index in [1.165, 1.54) is 196 Å². The number of rotatable bonds is 1. The molecule has 0 radical (unpaired) electrons. The maximum atomic E-state index is 5.35. The van der Waals surface area contributed by atoms with Gasteiger partial charge < -0.3 is 0 Å². The van der Waals surface area contributed by atoms with Crippen molar-refractivity contribution in [3.63, 3.8) is 0 Å². The molecule has 8 fully saturated rings. The zero-order valence-corrected chi connectivity index (χ0v) is 43.9. The quantitative estimate of drug-likeness (QED) is 0.165. The molecule has 0 amide bonds. The number of hydrogen-bond donors (Lipinski definition) is 0. The SMILES string of the molecule is c1ccc(-c2cc3ncc2CCC24CC5CC6(CCc7ccc(nc7)-c7ccc(cc7)CCC78CC9CC(CCc%10ccc(cc%10)-c%10ccc(cn%10)CCC(C5)(C6)C2)(C7)CC(CCc2ccc-3cc2)(C9)C8)C4)cc1. The first kappa shape index (κ1) is 45.7. The van der Waals surface area contributed by atoms with Crippen molar-refractivity contribution in [2.75, 3.05) is 0 Å². The van der Waals surface area contributed by atoms with Gasteiger partial charge in [0.1, 0.15) is 0 Å². The summed E-state index contributed by atoms with van der Waals surface area (Å²) in [6.45, 7) is 0. The third-order valence-corrected chi connectivity index (χ3v) is 21.9. The lowest BCUT2D eigenvalue weighted by molar-refractivity contribution is -0.167. The number of aromatic nitrogens is 3. The van der Waals surface area contributed by atoms with E-state index in [2.05, 4.69) is 152 Å². The zero-order chi connectivity index (χ0) is 49.0. The topological polar surface area (TPSA) is 38.7 Å². The lowest BCUT2D eigenvalue weighted by Crippen LogP contribution is -2.57. The molecular weight excluding hydrogens is 895 g/mol. The first-order chi connectivity index (χ1) is 36.2. The van der Waals surface area contributed by atoms with Crippen molar-refractivity contribution < 1.29 is 0 Å². The van der Waals surface area contributed by atoms with Gasteiger partial charge in [0.2, 0.25) is 0 Å². The van der Waals surface area contributed by atoms with Crippen molar-refractivity contribution in [2.45, 2.75) is 154 Å².